The number of benzene rings is 3. The Kier molecular flexibility index (Phi) is 7.87. The lowest BCUT2D eigenvalue weighted by molar-refractivity contribution is -0.274. The van der Waals surface area contributed by atoms with Crippen LogP contribution in [0.4, 0.5) is 35.0 Å². The number of hydrogen-bond donors (Lipinski definition) is 4. The third-order valence-corrected chi connectivity index (χ3v) is 6.54. The summed E-state index contributed by atoms with van der Waals surface area (Å²) in [5.74, 6) is -0.418. The third kappa shape index (κ3) is 7.20. The fourth-order valence-electron chi connectivity index (χ4n) is 4.73. The number of hydrogen-bond acceptors (Lipinski definition) is 5. The van der Waals surface area contributed by atoms with E-state index in [9.17, 15) is 18.0 Å². The van der Waals surface area contributed by atoms with E-state index < -0.39 is 18.1 Å². The first-order chi connectivity index (χ1) is 18.8. The molecule has 1 saturated heterocycles. The molecule has 4 N–H and O–H groups in total. The summed E-state index contributed by atoms with van der Waals surface area (Å²) in [4.78, 5) is 14.9. The van der Waals surface area contributed by atoms with Crippen molar-refractivity contribution in [2.45, 2.75) is 25.6 Å². The highest BCUT2D eigenvalue weighted by Gasteiger charge is 2.31. The normalized spacial score (nSPS) is 14.2. The van der Waals surface area contributed by atoms with Gasteiger partial charge in [-0.05, 0) is 73.5 Å². The molecular weight excluding hydrogens is 509 g/mol. The van der Waals surface area contributed by atoms with E-state index in [1.807, 2.05) is 12.1 Å². The van der Waals surface area contributed by atoms with Crippen LogP contribution in [-0.2, 0) is 0 Å². The molecule has 5 rings (SSSR count). The lowest BCUT2D eigenvalue weighted by Crippen LogP contribution is -2.33. The number of carbonyl (C=O) groups excluding carboxylic acids is 1. The van der Waals surface area contributed by atoms with E-state index in [4.69, 9.17) is 0 Å². The van der Waals surface area contributed by atoms with Crippen molar-refractivity contribution in [3.63, 3.8) is 0 Å². The van der Waals surface area contributed by atoms with Crippen molar-refractivity contribution in [3.05, 3.63) is 66.9 Å². The number of halogens is 3. The lowest BCUT2D eigenvalue weighted by atomic mass is 10.0. The van der Waals surface area contributed by atoms with E-state index in [0.29, 0.717) is 5.69 Å². The van der Waals surface area contributed by atoms with Crippen LogP contribution in [0.5, 0.6) is 5.75 Å². The number of piperidine rings is 1. The van der Waals surface area contributed by atoms with Crippen LogP contribution >= 0.6 is 0 Å². The Morgan fingerprint density at radius 3 is 2.49 bits per heavy atom. The van der Waals surface area contributed by atoms with Crippen LogP contribution in [0.25, 0.3) is 22.0 Å². The number of alkyl halides is 3. The van der Waals surface area contributed by atoms with E-state index >= 15 is 0 Å². The van der Waals surface area contributed by atoms with Crippen LogP contribution in [-0.4, -0.2) is 53.7 Å². The van der Waals surface area contributed by atoms with Gasteiger partial charge in [0, 0.05) is 41.6 Å². The van der Waals surface area contributed by atoms with Gasteiger partial charge in [-0.3, -0.25) is 5.10 Å². The zero-order valence-electron chi connectivity index (χ0n) is 21.1. The summed E-state index contributed by atoms with van der Waals surface area (Å²) in [6, 6.07) is 16.0. The summed E-state index contributed by atoms with van der Waals surface area (Å²) in [6.07, 6.45) is 0.824. The molecule has 2 amide bonds. The van der Waals surface area contributed by atoms with Gasteiger partial charge in [-0.2, -0.15) is 5.10 Å². The van der Waals surface area contributed by atoms with Gasteiger partial charge >= 0.3 is 12.4 Å². The van der Waals surface area contributed by atoms with Crippen LogP contribution in [0.1, 0.15) is 19.3 Å². The number of H-pyrrole nitrogens is 1. The Bertz CT molecular complexity index is 1420. The molecule has 1 aliphatic heterocycles. The summed E-state index contributed by atoms with van der Waals surface area (Å²) >= 11 is 0. The molecule has 39 heavy (non-hydrogen) atoms. The van der Waals surface area contributed by atoms with Gasteiger partial charge in [-0.1, -0.05) is 24.6 Å². The zero-order chi connectivity index (χ0) is 27.2. The summed E-state index contributed by atoms with van der Waals surface area (Å²) in [6.45, 7) is 4.16. The number of likely N-dealkylation sites (tertiary alicyclic amines) is 1. The topological polar surface area (TPSA) is 94.3 Å². The number of nitrogens with zero attached hydrogens (tertiary/aromatic N) is 2. The summed E-state index contributed by atoms with van der Waals surface area (Å²) in [7, 11) is 0. The molecule has 2 heterocycles. The molecule has 1 fully saturated rings. The monoisotopic (exact) mass is 538 g/mol. The van der Waals surface area contributed by atoms with Gasteiger partial charge in [0.2, 0.25) is 0 Å². The van der Waals surface area contributed by atoms with E-state index in [-0.39, 0.29) is 5.69 Å². The summed E-state index contributed by atoms with van der Waals surface area (Å²) in [5, 5.41) is 17.0. The van der Waals surface area contributed by atoms with Gasteiger partial charge in [-0.15, -0.1) is 13.2 Å². The maximum Gasteiger partial charge on any atom is 0.573 e. The molecule has 0 unspecified atom stereocenters. The Balaban J connectivity index is 1.23. The first-order valence-corrected chi connectivity index (χ1v) is 12.8. The average Bonchev–Trinajstić information content (AvgIpc) is 3.37. The minimum Gasteiger partial charge on any atom is -0.406 e. The minimum atomic E-state index is -4.81. The van der Waals surface area contributed by atoms with Gasteiger partial charge in [0.15, 0.2) is 0 Å². The highest BCUT2D eigenvalue weighted by Crippen LogP contribution is 2.32. The predicted octanol–water partition coefficient (Wildman–Crippen LogP) is 6.67. The van der Waals surface area contributed by atoms with Crippen LogP contribution in [0.3, 0.4) is 0 Å². The van der Waals surface area contributed by atoms with Crippen molar-refractivity contribution < 1.29 is 22.7 Å². The number of amides is 2. The summed E-state index contributed by atoms with van der Waals surface area (Å²) in [5.41, 5.74) is 4.56. The van der Waals surface area contributed by atoms with Crippen molar-refractivity contribution in [1.29, 1.82) is 0 Å². The van der Waals surface area contributed by atoms with Crippen molar-refractivity contribution in [1.82, 2.24) is 15.1 Å². The molecule has 0 saturated carbocycles. The molecule has 1 aromatic heterocycles. The van der Waals surface area contributed by atoms with Gasteiger partial charge in [0.25, 0.3) is 0 Å². The number of anilines is 3. The van der Waals surface area contributed by atoms with Crippen LogP contribution in [0.15, 0.2) is 66.9 Å². The second-order valence-corrected chi connectivity index (χ2v) is 9.42. The van der Waals surface area contributed by atoms with Crippen LogP contribution in [0, 0.1) is 0 Å². The number of urea groups is 1. The van der Waals surface area contributed by atoms with Crippen molar-refractivity contribution in [3.8, 4) is 16.9 Å². The number of fused-ring (bicyclic) bond motifs is 1. The number of carbonyl (C=O) groups is 1. The highest BCUT2D eigenvalue weighted by atomic mass is 19.4. The van der Waals surface area contributed by atoms with E-state index in [1.165, 1.54) is 31.4 Å². The first-order valence-electron chi connectivity index (χ1n) is 12.8. The van der Waals surface area contributed by atoms with Gasteiger partial charge in [0.1, 0.15) is 5.75 Å². The molecule has 0 bridgehead atoms. The lowest BCUT2D eigenvalue weighted by Gasteiger charge is -2.26. The number of nitrogens with one attached hydrogen (secondary N) is 4. The maximum atomic E-state index is 12.5. The molecule has 204 valence electrons. The second kappa shape index (κ2) is 11.6. The Morgan fingerprint density at radius 1 is 0.949 bits per heavy atom. The molecule has 0 aliphatic carbocycles. The molecule has 8 nitrogen and oxygen atoms in total. The average molecular weight is 539 g/mol. The quantitative estimate of drug-likeness (QED) is 0.201. The number of aromatic nitrogens is 2. The standard InChI is InChI=1S/C28H29F3N6O2/c29-28(30,31)39-23-6-4-5-21(15-23)35-27(38)34-20-9-7-19(8-10-20)24-16-22(17-26-25(24)18-33-36-26)32-11-14-37-12-2-1-3-13-37/h4-10,15-18,32H,1-3,11-14H2,(H,33,36)(H2,34,35,38). The Morgan fingerprint density at radius 2 is 1.72 bits per heavy atom. The van der Waals surface area contributed by atoms with Crippen molar-refractivity contribution >= 4 is 34.0 Å². The first kappa shape index (κ1) is 26.4. The highest BCUT2D eigenvalue weighted by molar-refractivity contribution is 6.01. The number of aromatic amines is 1. The largest absolute Gasteiger partial charge is 0.573 e. The van der Waals surface area contributed by atoms with Gasteiger partial charge in [-0.25, -0.2) is 4.79 Å². The number of ether oxygens (including phenoxy) is 1. The van der Waals surface area contributed by atoms with E-state index in [0.717, 1.165) is 66.0 Å². The second-order valence-electron chi connectivity index (χ2n) is 9.42. The van der Waals surface area contributed by atoms with Crippen molar-refractivity contribution in [2.24, 2.45) is 0 Å². The molecule has 0 radical (unpaired) electrons. The fourth-order valence-corrected chi connectivity index (χ4v) is 4.73. The molecule has 0 spiro atoms. The zero-order valence-corrected chi connectivity index (χ0v) is 21.1. The maximum absolute atomic E-state index is 12.5. The third-order valence-electron chi connectivity index (χ3n) is 6.54. The van der Waals surface area contributed by atoms with E-state index in [2.05, 4.69) is 47.9 Å². The minimum absolute atomic E-state index is 0.165. The molecule has 3 aromatic carbocycles. The SMILES string of the molecule is O=C(Nc1ccc(-c2cc(NCCN3CCCCC3)cc3[nH]ncc23)cc1)Nc1cccc(OC(F)(F)F)c1. The Hall–Kier alpha value is -4.25. The smallest absolute Gasteiger partial charge is 0.406 e. The van der Waals surface area contributed by atoms with Crippen LogP contribution < -0.4 is 20.7 Å². The molecular formula is C28H29F3N6O2. The predicted molar refractivity (Wildman–Crippen MR) is 146 cm³/mol. The Labute approximate surface area is 223 Å². The van der Waals surface area contributed by atoms with Gasteiger partial charge in [0.05, 0.1) is 11.7 Å². The van der Waals surface area contributed by atoms with Gasteiger partial charge < -0.3 is 25.6 Å². The van der Waals surface area contributed by atoms with Crippen LogP contribution in [0.2, 0.25) is 0 Å². The number of rotatable bonds is 8. The van der Waals surface area contributed by atoms with Crippen molar-refractivity contribution in [2.75, 3.05) is 42.1 Å². The fraction of sp³-hybridized carbons (Fsp3) is 0.286. The molecule has 11 heteroatoms. The molecule has 1 aliphatic rings. The molecule has 4 aromatic rings. The summed E-state index contributed by atoms with van der Waals surface area (Å²) < 4.78 is 41.3. The molecule has 0 atom stereocenters. The van der Waals surface area contributed by atoms with E-state index in [1.54, 1.807) is 18.3 Å².